The molecule has 28 heavy (non-hydrogen) atoms. The third kappa shape index (κ3) is 5.19. The van der Waals surface area contributed by atoms with Gasteiger partial charge in [-0.25, -0.2) is 8.42 Å². The van der Waals surface area contributed by atoms with E-state index in [-0.39, 0.29) is 10.8 Å². The van der Waals surface area contributed by atoms with E-state index in [1.165, 1.54) is 5.56 Å². The van der Waals surface area contributed by atoms with E-state index in [0.717, 1.165) is 25.2 Å². The lowest BCUT2D eigenvalue weighted by Crippen LogP contribution is -2.53. The fourth-order valence-electron chi connectivity index (χ4n) is 3.31. The van der Waals surface area contributed by atoms with Crippen molar-refractivity contribution in [3.05, 3.63) is 65.7 Å². The first-order valence-corrected chi connectivity index (χ1v) is 11.0. The van der Waals surface area contributed by atoms with Crippen LogP contribution in [0.4, 0.5) is 0 Å². The molecule has 0 saturated carbocycles. The zero-order valence-corrected chi connectivity index (χ0v) is 17.2. The molecule has 3 rings (SSSR count). The number of carbonyl (C=O) groups excluding carboxylic acids is 1. The van der Waals surface area contributed by atoms with E-state index in [2.05, 4.69) is 21.8 Å². The molecular formula is C21H27N3O3S. The molecule has 0 spiro atoms. The Bertz CT molecular complexity index is 890. The number of hydrogen-bond donors (Lipinski definition) is 1. The van der Waals surface area contributed by atoms with Crippen LogP contribution in [0.1, 0.15) is 18.1 Å². The molecule has 2 aromatic carbocycles. The predicted octanol–water partition coefficient (Wildman–Crippen LogP) is 2.01. The third-order valence-electron chi connectivity index (χ3n) is 4.97. The lowest BCUT2D eigenvalue weighted by molar-refractivity contribution is -0.134. The Hall–Kier alpha value is -2.22. The summed E-state index contributed by atoms with van der Waals surface area (Å²) in [6.45, 7) is 7.11. The van der Waals surface area contributed by atoms with Crippen LogP contribution in [-0.2, 0) is 21.4 Å². The Morgan fingerprint density at radius 3 is 2.21 bits per heavy atom. The van der Waals surface area contributed by atoms with Gasteiger partial charge < -0.3 is 4.90 Å². The smallest absolute Gasteiger partial charge is 0.241 e. The molecular weight excluding hydrogens is 374 g/mol. The van der Waals surface area contributed by atoms with Gasteiger partial charge in [0.2, 0.25) is 15.9 Å². The summed E-state index contributed by atoms with van der Waals surface area (Å²) < 4.78 is 27.5. The minimum absolute atomic E-state index is 0.172. The van der Waals surface area contributed by atoms with Gasteiger partial charge in [-0.3, -0.25) is 9.69 Å². The van der Waals surface area contributed by atoms with Gasteiger partial charge in [0.15, 0.2) is 0 Å². The molecule has 0 aromatic heterocycles. The third-order valence-corrected chi connectivity index (χ3v) is 6.52. The number of sulfonamides is 1. The first-order valence-electron chi connectivity index (χ1n) is 9.49. The van der Waals surface area contributed by atoms with E-state index in [0.29, 0.717) is 13.1 Å². The van der Waals surface area contributed by atoms with Gasteiger partial charge in [-0.05, 0) is 31.5 Å². The van der Waals surface area contributed by atoms with E-state index in [1.54, 1.807) is 36.1 Å². The molecule has 1 heterocycles. The van der Waals surface area contributed by atoms with Crippen molar-refractivity contribution in [2.45, 2.75) is 31.3 Å². The molecule has 1 amide bonds. The van der Waals surface area contributed by atoms with Gasteiger partial charge in [0, 0.05) is 32.7 Å². The first kappa shape index (κ1) is 20.5. The van der Waals surface area contributed by atoms with Crippen LogP contribution in [0.15, 0.2) is 59.5 Å². The number of hydrogen-bond acceptors (Lipinski definition) is 4. The zero-order valence-electron chi connectivity index (χ0n) is 16.3. The van der Waals surface area contributed by atoms with Gasteiger partial charge in [0.05, 0.1) is 10.9 Å². The summed E-state index contributed by atoms with van der Waals surface area (Å²) in [5, 5.41) is 0. The van der Waals surface area contributed by atoms with Crippen LogP contribution in [0.2, 0.25) is 0 Å². The van der Waals surface area contributed by atoms with Gasteiger partial charge in [-0.15, -0.1) is 0 Å². The molecule has 0 aliphatic carbocycles. The van der Waals surface area contributed by atoms with Gasteiger partial charge in [-0.2, -0.15) is 4.72 Å². The molecule has 0 bridgehead atoms. The fraction of sp³-hybridized carbons (Fsp3) is 0.381. The highest BCUT2D eigenvalue weighted by atomic mass is 32.2. The number of amides is 1. The Morgan fingerprint density at radius 2 is 1.61 bits per heavy atom. The summed E-state index contributed by atoms with van der Waals surface area (Å²) in [5.41, 5.74) is 2.23. The summed E-state index contributed by atoms with van der Waals surface area (Å²) in [6.07, 6.45) is 0. The summed E-state index contributed by atoms with van der Waals surface area (Å²) in [5.74, 6) is -0.185. The number of rotatable bonds is 6. The van der Waals surface area contributed by atoms with Crippen LogP contribution in [0.3, 0.4) is 0 Å². The average molecular weight is 402 g/mol. The first-order chi connectivity index (χ1) is 13.3. The Kier molecular flexibility index (Phi) is 6.49. The molecule has 0 radical (unpaired) electrons. The van der Waals surface area contributed by atoms with Crippen molar-refractivity contribution < 1.29 is 13.2 Å². The Morgan fingerprint density at radius 1 is 1.00 bits per heavy atom. The number of nitrogens with zero attached hydrogens (tertiary/aromatic N) is 2. The largest absolute Gasteiger partial charge is 0.339 e. The SMILES string of the molecule is Cc1ccc(S(=O)(=O)NC(C)C(=O)N2CCN(Cc3ccccc3)CC2)cc1. The second kappa shape index (κ2) is 8.86. The fourth-order valence-corrected chi connectivity index (χ4v) is 4.51. The van der Waals surface area contributed by atoms with E-state index >= 15 is 0 Å². The molecule has 1 atom stereocenters. The summed E-state index contributed by atoms with van der Waals surface area (Å²) in [4.78, 5) is 16.9. The van der Waals surface area contributed by atoms with Crippen molar-refractivity contribution in [2.75, 3.05) is 26.2 Å². The number of aryl methyl sites for hydroxylation is 1. The van der Waals surface area contributed by atoms with Gasteiger partial charge in [0.25, 0.3) is 0 Å². The monoisotopic (exact) mass is 401 g/mol. The quantitative estimate of drug-likeness (QED) is 0.804. The van der Waals surface area contributed by atoms with E-state index in [1.807, 2.05) is 25.1 Å². The number of piperazine rings is 1. The summed E-state index contributed by atoms with van der Waals surface area (Å²) in [7, 11) is -3.72. The van der Waals surface area contributed by atoms with E-state index in [9.17, 15) is 13.2 Å². The van der Waals surface area contributed by atoms with Crippen molar-refractivity contribution in [1.82, 2.24) is 14.5 Å². The number of nitrogens with one attached hydrogen (secondary N) is 1. The average Bonchev–Trinajstić information content (AvgIpc) is 2.69. The van der Waals surface area contributed by atoms with Crippen LogP contribution in [0, 0.1) is 6.92 Å². The lowest BCUT2D eigenvalue weighted by atomic mass is 10.2. The predicted molar refractivity (Wildman–Crippen MR) is 109 cm³/mol. The Labute approximate surface area is 167 Å². The Balaban J connectivity index is 1.53. The maximum absolute atomic E-state index is 12.7. The molecule has 150 valence electrons. The maximum atomic E-state index is 12.7. The molecule has 1 N–H and O–H groups in total. The molecule has 1 fully saturated rings. The minimum Gasteiger partial charge on any atom is -0.339 e. The number of carbonyl (C=O) groups is 1. The second-order valence-electron chi connectivity index (χ2n) is 7.24. The highest BCUT2D eigenvalue weighted by Gasteiger charge is 2.28. The summed E-state index contributed by atoms with van der Waals surface area (Å²) in [6, 6.07) is 16.0. The van der Waals surface area contributed by atoms with Crippen molar-refractivity contribution >= 4 is 15.9 Å². The van der Waals surface area contributed by atoms with Crippen molar-refractivity contribution in [2.24, 2.45) is 0 Å². The molecule has 1 saturated heterocycles. The number of benzene rings is 2. The topological polar surface area (TPSA) is 69.7 Å². The lowest BCUT2D eigenvalue weighted by Gasteiger charge is -2.36. The van der Waals surface area contributed by atoms with E-state index in [4.69, 9.17) is 0 Å². The van der Waals surface area contributed by atoms with E-state index < -0.39 is 16.1 Å². The highest BCUT2D eigenvalue weighted by molar-refractivity contribution is 7.89. The van der Waals surface area contributed by atoms with Crippen molar-refractivity contribution in [1.29, 1.82) is 0 Å². The molecule has 7 heteroatoms. The summed E-state index contributed by atoms with van der Waals surface area (Å²) >= 11 is 0. The van der Waals surface area contributed by atoms with Gasteiger partial charge >= 0.3 is 0 Å². The van der Waals surface area contributed by atoms with Crippen molar-refractivity contribution in [3.63, 3.8) is 0 Å². The molecule has 6 nitrogen and oxygen atoms in total. The van der Waals surface area contributed by atoms with Crippen LogP contribution in [0.25, 0.3) is 0 Å². The zero-order chi connectivity index (χ0) is 20.1. The maximum Gasteiger partial charge on any atom is 0.241 e. The molecule has 1 aliphatic heterocycles. The second-order valence-corrected chi connectivity index (χ2v) is 8.96. The normalized spacial score (nSPS) is 16.7. The molecule has 2 aromatic rings. The molecule has 1 unspecified atom stereocenters. The molecule has 1 aliphatic rings. The standard InChI is InChI=1S/C21H27N3O3S/c1-17-8-10-20(11-9-17)28(26,27)22-18(2)21(25)24-14-12-23(13-15-24)16-19-6-4-3-5-7-19/h3-11,18,22H,12-16H2,1-2H3. The van der Waals surface area contributed by atoms with Crippen LogP contribution in [0.5, 0.6) is 0 Å². The minimum atomic E-state index is -3.72. The van der Waals surface area contributed by atoms with Crippen LogP contribution >= 0.6 is 0 Å². The highest BCUT2D eigenvalue weighted by Crippen LogP contribution is 2.13. The van der Waals surface area contributed by atoms with Crippen LogP contribution < -0.4 is 4.72 Å². The van der Waals surface area contributed by atoms with Crippen LogP contribution in [-0.4, -0.2) is 56.3 Å². The van der Waals surface area contributed by atoms with Gasteiger partial charge in [-0.1, -0.05) is 48.0 Å². The van der Waals surface area contributed by atoms with Gasteiger partial charge in [0.1, 0.15) is 0 Å². The van der Waals surface area contributed by atoms with Crippen molar-refractivity contribution in [3.8, 4) is 0 Å².